The summed E-state index contributed by atoms with van der Waals surface area (Å²) in [6.45, 7) is 0. The normalized spacial score (nSPS) is 22.4. The van der Waals surface area contributed by atoms with Crippen LogP contribution in [0.3, 0.4) is 0 Å². The molecule has 2 rings (SSSR count). The van der Waals surface area contributed by atoms with Crippen molar-refractivity contribution in [3.8, 4) is 5.75 Å². The maximum Gasteiger partial charge on any atom is 0.255 e. The van der Waals surface area contributed by atoms with Gasteiger partial charge in [0.25, 0.3) is 5.91 Å². The smallest absolute Gasteiger partial charge is 0.255 e. The molecule has 1 amide bonds. The molecule has 1 aromatic rings. The van der Waals surface area contributed by atoms with Gasteiger partial charge in [-0.15, -0.1) is 0 Å². The van der Waals surface area contributed by atoms with Crippen molar-refractivity contribution < 1.29 is 14.3 Å². The van der Waals surface area contributed by atoms with Crippen LogP contribution in [0.1, 0.15) is 36.0 Å². The molecule has 5 heteroatoms. The lowest BCUT2D eigenvalue weighted by Gasteiger charge is -2.28. The highest BCUT2D eigenvalue weighted by molar-refractivity contribution is 6.31. The molecule has 1 saturated carbocycles. The largest absolute Gasteiger partial charge is 0.496 e. The van der Waals surface area contributed by atoms with Crippen LogP contribution in [-0.4, -0.2) is 32.3 Å². The van der Waals surface area contributed by atoms with Crippen molar-refractivity contribution in [2.45, 2.75) is 37.8 Å². The number of hydrogen-bond donors (Lipinski definition) is 1. The number of nitrogens with one attached hydrogen (secondary N) is 1. The molecule has 0 saturated heterocycles. The molecule has 0 aromatic heterocycles. The van der Waals surface area contributed by atoms with Gasteiger partial charge in [0.2, 0.25) is 0 Å². The molecule has 110 valence electrons. The van der Waals surface area contributed by atoms with Gasteiger partial charge in [-0.2, -0.15) is 0 Å². The van der Waals surface area contributed by atoms with Crippen LogP contribution in [0.5, 0.6) is 5.75 Å². The number of amides is 1. The fraction of sp³-hybridized carbons (Fsp3) is 0.533. The monoisotopic (exact) mass is 297 g/mol. The first kappa shape index (κ1) is 15.1. The maximum absolute atomic E-state index is 12.3. The first-order chi connectivity index (χ1) is 9.63. The summed E-state index contributed by atoms with van der Waals surface area (Å²) < 4.78 is 10.5. The van der Waals surface area contributed by atoms with Crippen molar-refractivity contribution in [2.75, 3.05) is 14.2 Å². The summed E-state index contributed by atoms with van der Waals surface area (Å²) in [5, 5.41) is 3.58. The molecule has 0 spiro atoms. The Morgan fingerprint density at radius 3 is 2.55 bits per heavy atom. The van der Waals surface area contributed by atoms with Gasteiger partial charge in [-0.05, 0) is 43.9 Å². The predicted molar refractivity (Wildman–Crippen MR) is 78.5 cm³/mol. The summed E-state index contributed by atoms with van der Waals surface area (Å²) in [5.41, 5.74) is 0.480. The summed E-state index contributed by atoms with van der Waals surface area (Å²) in [6.07, 6.45) is 4.16. The number of ether oxygens (including phenoxy) is 2. The first-order valence-corrected chi connectivity index (χ1v) is 7.19. The Labute approximate surface area is 124 Å². The molecule has 0 radical (unpaired) electrons. The zero-order chi connectivity index (χ0) is 14.5. The Morgan fingerprint density at radius 2 is 1.95 bits per heavy atom. The molecule has 0 atom stereocenters. The molecule has 20 heavy (non-hydrogen) atoms. The first-order valence-electron chi connectivity index (χ1n) is 6.81. The third-order valence-corrected chi connectivity index (χ3v) is 3.98. The van der Waals surface area contributed by atoms with Gasteiger partial charge in [-0.25, -0.2) is 0 Å². The number of rotatable bonds is 4. The lowest BCUT2D eigenvalue weighted by atomic mass is 9.93. The van der Waals surface area contributed by atoms with E-state index in [1.54, 1.807) is 32.4 Å². The summed E-state index contributed by atoms with van der Waals surface area (Å²) in [5.74, 6) is 0.405. The molecule has 0 bridgehead atoms. The van der Waals surface area contributed by atoms with Crippen LogP contribution >= 0.6 is 11.6 Å². The average molecular weight is 298 g/mol. The van der Waals surface area contributed by atoms with E-state index in [1.807, 2.05) is 0 Å². The number of carbonyl (C=O) groups excluding carboxylic acids is 1. The van der Waals surface area contributed by atoms with E-state index in [-0.39, 0.29) is 11.9 Å². The predicted octanol–water partition coefficient (Wildman–Crippen LogP) is 3.04. The number of methoxy groups -OCH3 is 2. The van der Waals surface area contributed by atoms with Crippen LogP contribution in [0.2, 0.25) is 5.02 Å². The minimum atomic E-state index is -0.134. The van der Waals surface area contributed by atoms with E-state index in [0.717, 1.165) is 25.7 Å². The second kappa shape index (κ2) is 6.95. The summed E-state index contributed by atoms with van der Waals surface area (Å²) >= 11 is 5.95. The van der Waals surface area contributed by atoms with Gasteiger partial charge in [0.15, 0.2) is 0 Å². The molecular formula is C15H20ClNO3. The number of carbonyl (C=O) groups is 1. The fourth-order valence-corrected chi connectivity index (χ4v) is 2.74. The third kappa shape index (κ3) is 3.64. The van der Waals surface area contributed by atoms with Gasteiger partial charge in [-0.3, -0.25) is 4.79 Å². The van der Waals surface area contributed by atoms with E-state index in [0.29, 0.717) is 22.4 Å². The number of benzene rings is 1. The second-order valence-electron chi connectivity index (χ2n) is 5.03. The zero-order valence-corrected chi connectivity index (χ0v) is 12.6. The summed E-state index contributed by atoms with van der Waals surface area (Å²) in [7, 11) is 3.28. The van der Waals surface area contributed by atoms with Crippen LogP contribution in [-0.2, 0) is 4.74 Å². The van der Waals surface area contributed by atoms with Gasteiger partial charge in [-0.1, -0.05) is 11.6 Å². The van der Waals surface area contributed by atoms with Crippen molar-refractivity contribution in [1.29, 1.82) is 0 Å². The van der Waals surface area contributed by atoms with Crippen molar-refractivity contribution >= 4 is 17.5 Å². The minimum Gasteiger partial charge on any atom is -0.496 e. The Bertz CT molecular complexity index is 470. The van der Waals surface area contributed by atoms with Gasteiger partial charge in [0, 0.05) is 18.2 Å². The van der Waals surface area contributed by atoms with E-state index in [1.165, 1.54) is 0 Å². The SMILES string of the molecule is COc1ccc(Cl)cc1C(=O)NC1CCC(OC)CC1. The third-order valence-electron chi connectivity index (χ3n) is 3.75. The Balaban J connectivity index is 2.00. The van der Waals surface area contributed by atoms with E-state index >= 15 is 0 Å². The minimum absolute atomic E-state index is 0.134. The highest BCUT2D eigenvalue weighted by Gasteiger charge is 2.23. The van der Waals surface area contributed by atoms with Gasteiger partial charge < -0.3 is 14.8 Å². The standard InChI is InChI=1S/C15H20ClNO3/c1-19-12-6-4-11(5-7-12)17-15(18)13-9-10(16)3-8-14(13)20-2/h3,8-9,11-12H,4-7H2,1-2H3,(H,17,18). The number of halogens is 1. The lowest BCUT2D eigenvalue weighted by Crippen LogP contribution is -2.39. The Kier molecular flexibility index (Phi) is 5.26. The van der Waals surface area contributed by atoms with E-state index in [9.17, 15) is 4.79 Å². The summed E-state index contributed by atoms with van der Waals surface area (Å²) in [6, 6.07) is 5.24. The van der Waals surface area contributed by atoms with Crippen molar-refractivity contribution in [1.82, 2.24) is 5.32 Å². The summed E-state index contributed by atoms with van der Waals surface area (Å²) in [4.78, 5) is 12.3. The van der Waals surface area contributed by atoms with Crippen LogP contribution in [0.25, 0.3) is 0 Å². The maximum atomic E-state index is 12.3. The molecular weight excluding hydrogens is 278 g/mol. The van der Waals surface area contributed by atoms with Crippen molar-refractivity contribution in [2.24, 2.45) is 0 Å². The van der Waals surface area contributed by atoms with E-state index in [2.05, 4.69) is 5.32 Å². The van der Waals surface area contributed by atoms with Crippen molar-refractivity contribution in [3.05, 3.63) is 28.8 Å². The van der Waals surface area contributed by atoms with Gasteiger partial charge in [0.05, 0.1) is 18.8 Å². The van der Waals surface area contributed by atoms with Crippen LogP contribution in [0, 0.1) is 0 Å². The molecule has 1 fully saturated rings. The molecule has 4 nitrogen and oxygen atoms in total. The molecule has 1 N–H and O–H groups in total. The molecule has 0 aliphatic heterocycles. The topological polar surface area (TPSA) is 47.6 Å². The molecule has 0 heterocycles. The molecule has 1 aromatic carbocycles. The van der Waals surface area contributed by atoms with Crippen LogP contribution in [0.15, 0.2) is 18.2 Å². The van der Waals surface area contributed by atoms with E-state index < -0.39 is 0 Å². The highest BCUT2D eigenvalue weighted by Crippen LogP contribution is 2.24. The second-order valence-corrected chi connectivity index (χ2v) is 5.46. The fourth-order valence-electron chi connectivity index (χ4n) is 2.56. The average Bonchev–Trinajstić information content (AvgIpc) is 2.48. The van der Waals surface area contributed by atoms with Crippen LogP contribution in [0.4, 0.5) is 0 Å². The number of hydrogen-bond acceptors (Lipinski definition) is 3. The Morgan fingerprint density at radius 1 is 1.25 bits per heavy atom. The molecule has 0 unspecified atom stereocenters. The van der Waals surface area contributed by atoms with Gasteiger partial charge in [0.1, 0.15) is 5.75 Å². The molecule has 1 aliphatic carbocycles. The zero-order valence-electron chi connectivity index (χ0n) is 11.8. The van der Waals surface area contributed by atoms with E-state index in [4.69, 9.17) is 21.1 Å². The van der Waals surface area contributed by atoms with Crippen molar-refractivity contribution in [3.63, 3.8) is 0 Å². The lowest BCUT2D eigenvalue weighted by molar-refractivity contribution is 0.0599. The highest BCUT2D eigenvalue weighted by atomic mass is 35.5. The molecule has 1 aliphatic rings. The van der Waals surface area contributed by atoms with Gasteiger partial charge >= 0.3 is 0 Å². The Hall–Kier alpha value is -1.26. The quantitative estimate of drug-likeness (QED) is 0.929. The van der Waals surface area contributed by atoms with Crippen LogP contribution < -0.4 is 10.1 Å².